The molecule has 0 fully saturated rings. The molecule has 1 heterocycles. The average Bonchev–Trinajstić information content (AvgIpc) is 2.72. The largest absolute Gasteiger partial charge is 0.313 e. The predicted molar refractivity (Wildman–Crippen MR) is 75.0 cm³/mol. The molecule has 0 amide bonds. The number of tetrazole rings is 1. The SMILES string of the molecule is CNC(Cc1nnn(C)n1)c1c(C)cc(C)cc1C. The molecule has 5 nitrogen and oxygen atoms in total. The highest BCUT2D eigenvalue weighted by atomic mass is 15.6. The Kier molecular flexibility index (Phi) is 3.95. The van der Waals surface area contributed by atoms with Gasteiger partial charge in [0.25, 0.3) is 0 Å². The highest BCUT2D eigenvalue weighted by Gasteiger charge is 2.17. The van der Waals surface area contributed by atoms with Gasteiger partial charge >= 0.3 is 0 Å². The molecule has 1 N–H and O–H groups in total. The van der Waals surface area contributed by atoms with Crippen molar-refractivity contribution in [1.82, 2.24) is 25.5 Å². The van der Waals surface area contributed by atoms with Crippen molar-refractivity contribution in [2.45, 2.75) is 33.2 Å². The summed E-state index contributed by atoms with van der Waals surface area (Å²) in [5.41, 5.74) is 5.24. The molecule has 2 rings (SSSR count). The molecule has 5 heteroatoms. The smallest absolute Gasteiger partial charge is 0.176 e. The van der Waals surface area contributed by atoms with Crippen LogP contribution in [0.15, 0.2) is 12.1 Å². The minimum absolute atomic E-state index is 0.213. The number of aromatic nitrogens is 4. The van der Waals surface area contributed by atoms with Crippen molar-refractivity contribution < 1.29 is 0 Å². The van der Waals surface area contributed by atoms with Gasteiger partial charge in [0.2, 0.25) is 0 Å². The molecule has 0 bridgehead atoms. The summed E-state index contributed by atoms with van der Waals surface area (Å²) in [6.07, 6.45) is 0.745. The summed E-state index contributed by atoms with van der Waals surface area (Å²) in [6, 6.07) is 4.65. The summed E-state index contributed by atoms with van der Waals surface area (Å²) in [7, 11) is 3.76. The fourth-order valence-corrected chi connectivity index (χ4v) is 2.68. The first-order valence-electron chi connectivity index (χ1n) is 6.49. The van der Waals surface area contributed by atoms with Crippen LogP contribution in [0.25, 0.3) is 0 Å². The number of hydrogen-bond donors (Lipinski definition) is 1. The van der Waals surface area contributed by atoms with E-state index in [2.05, 4.69) is 53.6 Å². The molecule has 0 aliphatic carbocycles. The van der Waals surface area contributed by atoms with Crippen LogP contribution < -0.4 is 5.32 Å². The zero-order valence-electron chi connectivity index (χ0n) is 12.2. The molecule has 0 spiro atoms. The van der Waals surface area contributed by atoms with E-state index in [-0.39, 0.29) is 6.04 Å². The summed E-state index contributed by atoms with van der Waals surface area (Å²) < 4.78 is 0. The van der Waals surface area contributed by atoms with Crippen LogP contribution in [0, 0.1) is 20.8 Å². The summed E-state index contributed by atoms with van der Waals surface area (Å²) >= 11 is 0. The van der Waals surface area contributed by atoms with Crippen LogP contribution in [-0.4, -0.2) is 27.3 Å². The third kappa shape index (κ3) is 2.98. The lowest BCUT2D eigenvalue weighted by molar-refractivity contribution is 0.565. The molecular weight excluding hydrogens is 238 g/mol. The van der Waals surface area contributed by atoms with Gasteiger partial charge in [-0.3, -0.25) is 0 Å². The van der Waals surface area contributed by atoms with Gasteiger partial charge in [-0.15, -0.1) is 10.2 Å². The van der Waals surface area contributed by atoms with E-state index in [0.29, 0.717) is 0 Å². The maximum absolute atomic E-state index is 4.26. The van der Waals surface area contributed by atoms with Crippen molar-refractivity contribution in [3.8, 4) is 0 Å². The molecule has 0 aliphatic heterocycles. The van der Waals surface area contributed by atoms with E-state index >= 15 is 0 Å². The number of aryl methyl sites for hydroxylation is 4. The number of nitrogens with one attached hydrogen (secondary N) is 1. The Labute approximate surface area is 114 Å². The van der Waals surface area contributed by atoms with Gasteiger partial charge in [-0.25, -0.2) is 0 Å². The highest BCUT2D eigenvalue weighted by Crippen LogP contribution is 2.25. The zero-order chi connectivity index (χ0) is 14.0. The Bertz CT molecular complexity index is 550. The van der Waals surface area contributed by atoms with E-state index in [1.807, 2.05) is 7.05 Å². The van der Waals surface area contributed by atoms with Gasteiger partial charge in [0.15, 0.2) is 5.82 Å². The predicted octanol–water partition coefficient (Wildman–Crippen LogP) is 1.64. The Morgan fingerprint density at radius 2 is 1.84 bits per heavy atom. The van der Waals surface area contributed by atoms with Crippen molar-refractivity contribution in [2.24, 2.45) is 7.05 Å². The number of rotatable bonds is 4. The molecule has 1 atom stereocenters. The first-order valence-corrected chi connectivity index (χ1v) is 6.49. The van der Waals surface area contributed by atoms with Gasteiger partial charge in [-0.1, -0.05) is 17.7 Å². The van der Waals surface area contributed by atoms with E-state index in [0.717, 1.165) is 12.2 Å². The van der Waals surface area contributed by atoms with Gasteiger partial charge in [0.05, 0.1) is 7.05 Å². The second-order valence-electron chi connectivity index (χ2n) is 5.05. The molecule has 1 unspecified atom stereocenters. The first kappa shape index (κ1) is 13.7. The zero-order valence-corrected chi connectivity index (χ0v) is 12.2. The fourth-order valence-electron chi connectivity index (χ4n) is 2.68. The van der Waals surface area contributed by atoms with E-state index in [1.54, 1.807) is 7.05 Å². The monoisotopic (exact) mass is 259 g/mol. The quantitative estimate of drug-likeness (QED) is 0.907. The standard InChI is InChI=1S/C14H21N5/c1-9-6-10(2)14(11(3)7-9)12(15-4)8-13-16-18-19(5)17-13/h6-7,12,15H,8H2,1-5H3. The van der Waals surface area contributed by atoms with Crippen LogP contribution in [-0.2, 0) is 13.5 Å². The Morgan fingerprint density at radius 1 is 1.21 bits per heavy atom. The van der Waals surface area contributed by atoms with Crippen molar-refractivity contribution in [2.75, 3.05) is 7.05 Å². The lowest BCUT2D eigenvalue weighted by Crippen LogP contribution is -2.21. The molecule has 1 aromatic heterocycles. The summed E-state index contributed by atoms with van der Waals surface area (Å²) in [5, 5.41) is 15.6. The number of nitrogens with zero attached hydrogens (tertiary/aromatic N) is 4. The van der Waals surface area contributed by atoms with Gasteiger partial charge in [0.1, 0.15) is 0 Å². The molecular formula is C14H21N5. The van der Waals surface area contributed by atoms with Crippen molar-refractivity contribution >= 4 is 0 Å². The van der Waals surface area contributed by atoms with Crippen LogP contribution in [0.4, 0.5) is 0 Å². The normalized spacial score (nSPS) is 12.7. The number of benzene rings is 1. The molecule has 0 saturated heterocycles. The Balaban J connectivity index is 2.32. The van der Waals surface area contributed by atoms with Crippen LogP contribution in [0.2, 0.25) is 0 Å². The minimum Gasteiger partial charge on any atom is -0.313 e. The van der Waals surface area contributed by atoms with Gasteiger partial charge in [-0.05, 0) is 49.7 Å². The topological polar surface area (TPSA) is 55.6 Å². The molecule has 0 saturated carbocycles. The number of hydrogen-bond acceptors (Lipinski definition) is 4. The maximum Gasteiger partial charge on any atom is 0.176 e. The third-order valence-electron chi connectivity index (χ3n) is 3.37. The van der Waals surface area contributed by atoms with Crippen molar-refractivity contribution in [3.63, 3.8) is 0 Å². The van der Waals surface area contributed by atoms with E-state index < -0.39 is 0 Å². The van der Waals surface area contributed by atoms with Crippen LogP contribution in [0.1, 0.15) is 34.1 Å². The lowest BCUT2D eigenvalue weighted by Gasteiger charge is -2.20. The number of likely N-dealkylation sites (N-methyl/N-ethyl adjacent to an activating group) is 1. The third-order valence-corrected chi connectivity index (χ3v) is 3.37. The molecule has 0 aliphatic rings. The van der Waals surface area contributed by atoms with E-state index in [4.69, 9.17) is 0 Å². The molecule has 102 valence electrons. The van der Waals surface area contributed by atoms with Gasteiger partial charge in [0, 0.05) is 12.5 Å². The average molecular weight is 259 g/mol. The molecule has 0 radical (unpaired) electrons. The molecule has 19 heavy (non-hydrogen) atoms. The second kappa shape index (κ2) is 5.48. The fraction of sp³-hybridized carbons (Fsp3) is 0.500. The van der Waals surface area contributed by atoms with Crippen molar-refractivity contribution in [3.05, 3.63) is 40.2 Å². The maximum atomic E-state index is 4.26. The first-order chi connectivity index (χ1) is 9.01. The van der Waals surface area contributed by atoms with Crippen LogP contribution in [0.3, 0.4) is 0 Å². The second-order valence-corrected chi connectivity index (χ2v) is 5.05. The van der Waals surface area contributed by atoms with Crippen LogP contribution in [0.5, 0.6) is 0 Å². The minimum atomic E-state index is 0.213. The van der Waals surface area contributed by atoms with E-state index in [1.165, 1.54) is 27.1 Å². The summed E-state index contributed by atoms with van der Waals surface area (Å²) in [5.74, 6) is 0.765. The van der Waals surface area contributed by atoms with Gasteiger partial charge < -0.3 is 5.32 Å². The molecule has 2 aromatic rings. The highest BCUT2D eigenvalue weighted by molar-refractivity contribution is 5.40. The Morgan fingerprint density at radius 3 is 2.32 bits per heavy atom. The lowest BCUT2D eigenvalue weighted by atomic mass is 9.92. The Hall–Kier alpha value is -1.75. The van der Waals surface area contributed by atoms with Gasteiger partial charge in [-0.2, -0.15) is 4.80 Å². The molecule has 1 aromatic carbocycles. The van der Waals surface area contributed by atoms with Crippen LogP contribution >= 0.6 is 0 Å². The summed E-state index contributed by atoms with van der Waals surface area (Å²) in [4.78, 5) is 1.50. The summed E-state index contributed by atoms with van der Waals surface area (Å²) in [6.45, 7) is 6.44. The van der Waals surface area contributed by atoms with Crippen molar-refractivity contribution in [1.29, 1.82) is 0 Å². The van der Waals surface area contributed by atoms with E-state index in [9.17, 15) is 0 Å².